The summed E-state index contributed by atoms with van der Waals surface area (Å²) in [5.41, 5.74) is 10.6. The van der Waals surface area contributed by atoms with Crippen molar-refractivity contribution in [2.24, 2.45) is 0 Å². The van der Waals surface area contributed by atoms with Crippen molar-refractivity contribution in [3.8, 4) is 56.2 Å². The highest BCUT2D eigenvalue weighted by Crippen LogP contribution is 2.42. The molecule has 0 radical (unpaired) electrons. The van der Waals surface area contributed by atoms with Crippen LogP contribution in [0.2, 0.25) is 0 Å². The van der Waals surface area contributed by atoms with Gasteiger partial charge in [-0.2, -0.15) is 0 Å². The zero-order valence-electron chi connectivity index (χ0n) is 26.9. The first-order valence-corrected chi connectivity index (χ1v) is 18.4. The van der Waals surface area contributed by atoms with Gasteiger partial charge in [0, 0.05) is 51.5 Å². The van der Waals surface area contributed by atoms with Crippen LogP contribution in [0.4, 0.5) is 0 Å². The molecule has 0 unspecified atom stereocenters. The number of hydrogen-bond acceptors (Lipinski definition) is 4. The van der Waals surface area contributed by atoms with E-state index in [1.807, 2.05) is 22.7 Å². The van der Waals surface area contributed by atoms with Crippen molar-refractivity contribution in [1.82, 2.24) is 9.97 Å². The lowest BCUT2D eigenvalue weighted by molar-refractivity contribution is 1.25. The molecule has 6 aromatic carbocycles. The van der Waals surface area contributed by atoms with Gasteiger partial charge in [-0.3, -0.25) is 0 Å². The molecule has 10 aromatic rings. The highest BCUT2D eigenvalue weighted by molar-refractivity contribution is 7.26. The molecule has 0 bridgehead atoms. The van der Waals surface area contributed by atoms with E-state index < -0.39 is 0 Å². The monoisotopic (exact) mass is 672 g/mol. The van der Waals surface area contributed by atoms with Gasteiger partial charge in [-0.25, -0.2) is 9.97 Å². The molecular formula is C46H28N2S2. The quantitative estimate of drug-likeness (QED) is 0.182. The van der Waals surface area contributed by atoms with Crippen molar-refractivity contribution in [2.75, 3.05) is 0 Å². The maximum atomic E-state index is 5.14. The average molecular weight is 673 g/mol. The molecule has 50 heavy (non-hydrogen) atoms. The summed E-state index contributed by atoms with van der Waals surface area (Å²) in [5.74, 6) is 0. The maximum Gasteiger partial charge on any atom is 0.0893 e. The molecular weight excluding hydrogens is 645 g/mol. The molecule has 0 amide bonds. The SMILES string of the molecule is c1cc(-c2cccc(-c3cccc(-c4cccc(-c5cccc6c5sc5ccccc56)c4)n3)n2)cc(-c2cccc3c2sc2ccccc23)c1. The van der Waals surface area contributed by atoms with Gasteiger partial charge in [0.05, 0.1) is 22.8 Å². The fraction of sp³-hybridized carbons (Fsp3) is 0. The van der Waals surface area contributed by atoms with Gasteiger partial charge in [0.15, 0.2) is 0 Å². The second kappa shape index (κ2) is 11.9. The predicted molar refractivity (Wildman–Crippen MR) is 215 cm³/mol. The van der Waals surface area contributed by atoms with Crippen LogP contribution < -0.4 is 0 Å². The Bertz CT molecular complexity index is 2700. The minimum atomic E-state index is 0.854. The van der Waals surface area contributed by atoms with E-state index >= 15 is 0 Å². The summed E-state index contributed by atoms with van der Waals surface area (Å²) >= 11 is 3.72. The van der Waals surface area contributed by atoms with Gasteiger partial charge in [-0.15, -0.1) is 22.7 Å². The molecule has 0 fully saturated rings. The van der Waals surface area contributed by atoms with Crippen molar-refractivity contribution in [1.29, 1.82) is 0 Å². The third-order valence-electron chi connectivity index (χ3n) is 9.51. The zero-order valence-corrected chi connectivity index (χ0v) is 28.5. The Morgan fingerprint density at radius 3 is 1.18 bits per heavy atom. The molecule has 10 rings (SSSR count). The number of pyridine rings is 2. The van der Waals surface area contributed by atoms with E-state index in [-0.39, 0.29) is 0 Å². The molecule has 4 heteroatoms. The van der Waals surface area contributed by atoms with Crippen LogP contribution in [0.25, 0.3) is 96.5 Å². The average Bonchev–Trinajstić information content (AvgIpc) is 3.77. The third-order valence-corrected chi connectivity index (χ3v) is 11.9. The molecule has 0 aliphatic heterocycles. The molecule has 0 N–H and O–H groups in total. The van der Waals surface area contributed by atoms with Crippen LogP contribution in [0.1, 0.15) is 0 Å². The fourth-order valence-electron chi connectivity index (χ4n) is 7.12. The number of thiophene rings is 2. The van der Waals surface area contributed by atoms with Gasteiger partial charge in [-0.1, -0.05) is 121 Å². The summed E-state index contributed by atoms with van der Waals surface area (Å²) in [5, 5.41) is 5.24. The maximum absolute atomic E-state index is 5.14. The summed E-state index contributed by atoms with van der Waals surface area (Å²) < 4.78 is 5.27. The van der Waals surface area contributed by atoms with Crippen LogP contribution in [-0.2, 0) is 0 Å². The number of nitrogens with zero attached hydrogens (tertiary/aromatic N) is 2. The third kappa shape index (κ3) is 4.92. The molecule has 0 aliphatic rings. The molecule has 0 aliphatic carbocycles. The van der Waals surface area contributed by atoms with E-state index in [0.29, 0.717) is 0 Å². The van der Waals surface area contributed by atoms with Crippen LogP contribution >= 0.6 is 22.7 Å². The molecule has 234 valence electrons. The molecule has 0 atom stereocenters. The Balaban J connectivity index is 0.996. The number of benzene rings is 6. The molecule has 0 saturated carbocycles. The molecule has 0 saturated heterocycles. The normalized spacial score (nSPS) is 11.6. The van der Waals surface area contributed by atoms with E-state index in [1.165, 1.54) is 62.6 Å². The van der Waals surface area contributed by atoms with Crippen LogP contribution in [-0.4, -0.2) is 9.97 Å². The minimum Gasteiger partial charge on any atom is -0.246 e. The van der Waals surface area contributed by atoms with E-state index in [4.69, 9.17) is 9.97 Å². The standard InChI is InChI=1S/C46H28N2S2/c1-3-25-43-35(15-1)37-19-7-17-33(45(37)49-43)29-11-5-13-31(27-29)39-21-9-23-41(47-39)42-24-10-22-40(48-42)32-14-6-12-30(28-32)34-18-8-20-38-36-16-2-4-26-44(36)50-46(34)38/h1-28H. The largest absolute Gasteiger partial charge is 0.246 e. The van der Waals surface area contributed by atoms with Crippen LogP contribution in [0, 0.1) is 0 Å². The Morgan fingerprint density at radius 2 is 0.680 bits per heavy atom. The van der Waals surface area contributed by atoms with E-state index in [1.54, 1.807) is 0 Å². The molecule has 4 heterocycles. The lowest BCUT2D eigenvalue weighted by Crippen LogP contribution is -1.92. The zero-order chi connectivity index (χ0) is 33.0. The highest BCUT2D eigenvalue weighted by atomic mass is 32.1. The molecule has 2 nitrogen and oxygen atoms in total. The first-order chi connectivity index (χ1) is 24.8. The Kier molecular flexibility index (Phi) is 6.90. The van der Waals surface area contributed by atoms with E-state index in [9.17, 15) is 0 Å². The Labute approximate surface area is 297 Å². The smallest absolute Gasteiger partial charge is 0.0893 e. The Morgan fingerprint density at radius 1 is 0.300 bits per heavy atom. The fourth-order valence-corrected chi connectivity index (χ4v) is 9.59. The van der Waals surface area contributed by atoms with Crippen molar-refractivity contribution in [3.63, 3.8) is 0 Å². The number of rotatable bonds is 5. The lowest BCUT2D eigenvalue weighted by atomic mass is 9.99. The summed E-state index contributed by atoms with van der Waals surface area (Å²) in [4.78, 5) is 10.3. The van der Waals surface area contributed by atoms with Gasteiger partial charge in [0.25, 0.3) is 0 Å². The number of aromatic nitrogens is 2. The molecule has 4 aromatic heterocycles. The van der Waals surface area contributed by atoms with E-state index in [0.717, 1.165) is 33.9 Å². The molecule has 0 spiro atoms. The highest BCUT2D eigenvalue weighted by Gasteiger charge is 2.14. The van der Waals surface area contributed by atoms with Crippen molar-refractivity contribution in [2.45, 2.75) is 0 Å². The first kappa shape index (κ1) is 29.0. The van der Waals surface area contributed by atoms with Gasteiger partial charge in [0.2, 0.25) is 0 Å². The summed E-state index contributed by atoms with van der Waals surface area (Å²) in [7, 11) is 0. The number of hydrogen-bond donors (Lipinski definition) is 0. The predicted octanol–water partition coefficient (Wildman–Crippen LogP) is 13.5. The summed E-state index contributed by atoms with van der Waals surface area (Å²) in [6.07, 6.45) is 0. The van der Waals surface area contributed by atoms with Gasteiger partial charge in [-0.05, 0) is 70.8 Å². The van der Waals surface area contributed by atoms with Gasteiger partial charge >= 0.3 is 0 Å². The van der Waals surface area contributed by atoms with Gasteiger partial charge in [0.1, 0.15) is 0 Å². The summed E-state index contributed by atoms with van der Waals surface area (Å²) in [6.45, 7) is 0. The van der Waals surface area contributed by atoms with Gasteiger partial charge < -0.3 is 0 Å². The second-order valence-electron chi connectivity index (χ2n) is 12.5. The minimum absolute atomic E-state index is 0.854. The lowest BCUT2D eigenvalue weighted by Gasteiger charge is -2.10. The van der Waals surface area contributed by atoms with Crippen molar-refractivity contribution < 1.29 is 0 Å². The van der Waals surface area contributed by atoms with E-state index in [2.05, 4.69) is 170 Å². The Hall–Kier alpha value is -5.94. The first-order valence-electron chi connectivity index (χ1n) is 16.7. The number of fused-ring (bicyclic) bond motifs is 6. The van der Waals surface area contributed by atoms with Crippen molar-refractivity contribution in [3.05, 3.63) is 170 Å². The topological polar surface area (TPSA) is 25.8 Å². The van der Waals surface area contributed by atoms with Crippen molar-refractivity contribution >= 4 is 63.0 Å². The van der Waals surface area contributed by atoms with Crippen LogP contribution in [0.3, 0.4) is 0 Å². The van der Waals surface area contributed by atoms with Crippen LogP contribution in [0.15, 0.2) is 170 Å². The second-order valence-corrected chi connectivity index (χ2v) is 14.6. The van der Waals surface area contributed by atoms with Crippen LogP contribution in [0.5, 0.6) is 0 Å². The summed E-state index contributed by atoms with van der Waals surface area (Å²) in [6, 6.07) is 60.5.